The largest absolute Gasteiger partial charge is 0.491 e. The lowest BCUT2D eigenvalue weighted by atomic mass is 9.97. The van der Waals surface area contributed by atoms with E-state index in [1.807, 2.05) is 6.07 Å². The van der Waals surface area contributed by atoms with Crippen molar-refractivity contribution in [2.75, 3.05) is 6.61 Å². The average molecular weight is 345 g/mol. The molecule has 1 unspecified atom stereocenters. The van der Waals surface area contributed by atoms with E-state index >= 15 is 0 Å². The van der Waals surface area contributed by atoms with Gasteiger partial charge in [0.25, 0.3) is 0 Å². The third kappa shape index (κ3) is 3.08. The Morgan fingerprint density at radius 2 is 2.19 bits per heavy atom. The van der Waals surface area contributed by atoms with Gasteiger partial charge in [-0.3, -0.25) is 0 Å². The van der Waals surface area contributed by atoms with Crippen molar-refractivity contribution in [3.05, 3.63) is 30.2 Å². The highest BCUT2D eigenvalue weighted by molar-refractivity contribution is 6.09. The fraction of sp³-hybridized carbons (Fsp3) is 0.350. The predicted octanol–water partition coefficient (Wildman–Crippen LogP) is 2.90. The number of piperidine rings is 1. The molecule has 0 aromatic carbocycles. The molecule has 1 aliphatic rings. The monoisotopic (exact) mass is 345 g/mol. The maximum Gasteiger partial charge on any atom is 0.142 e. The van der Waals surface area contributed by atoms with Gasteiger partial charge in [-0.05, 0) is 25.0 Å². The van der Waals surface area contributed by atoms with Crippen molar-refractivity contribution in [2.24, 2.45) is 0 Å². The lowest BCUT2D eigenvalue weighted by Crippen LogP contribution is -2.45. The molecule has 2 N–H and O–H groups in total. The normalized spacial score (nSPS) is 19.9. The Balaban J connectivity index is 1.60. The van der Waals surface area contributed by atoms with Crippen LogP contribution in [0.4, 0.5) is 0 Å². The van der Waals surface area contributed by atoms with Crippen molar-refractivity contribution >= 4 is 21.9 Å². The van der Waals surface area contributed by atoms with Crippen molar-refractivity contribution < 1.29 is 4.74 Å². The van der Waals surface area contributed by atoms with Gasteiger partial charge in [-0.25, -0.2) is 9.97 Å². The molecule has 3 aromatic heterocycles. The molecule has 0 bridgehead atoms. The minimum atomic E-state index is 0.284. The van der Waals surface area contributed by atoms with E-state index < -0.39 is 0 Å². The number of hydrogen-bond donors (Lipinski definition) is 2. The zero-order chi connectivity index (χ0) is 17.9. The molecule has 26 heavy (non-hydrogen) atoms. The van der Waals surface area contributed by atoms with Crippen LogP contribution < -0.4 is 10.1 Å². The number of rotatable bonds is 4. The third-order valence-corrected chi connectivity index (χ3v) is 4.83. The van der Waals surface area contributed by atoms with Crippen molar-refractivity contribution in [1.82, 2.24) is 20.3 Å². The molecule has 6 nitrogen and oxygen atoms in total. The van der Waals surface area contributed by atoms with Gasteiger partial charge in [0.1, 0.15) is 29.8 Å². The molecule has 4 rings (SSSR count). The van der Waals surface area contributed by atoms with E-state index in [9.17, 15) is 0 Å². The van der Waals surface area contributed by atoms with Gasteiger partial charge >= 0.3 is 0 Å². The summed E-state index contributed by atoms with van der Waals surface area (Å²) >= 11 is 0. The first kappa shape index (κ1) is 16.4. The molecule has 130 valence electrons. The summed E-state index contributed by atoms with van der Waals surface area (Å²) in [7, 11) is 0. The minimum Gasteiger partial charge on any atom is -0.491 e. The van der Waals surface area contributed by atoms with Crippen LogP contribution in [0.25, 0.3) is 21.9 Å². The van der Waals surface area contributed by atoms with Crippen molar-refractivity contribution in [3.63, 3.8) is 0 Å². The van der Waals surface area contributed by atoms with Crippen LogP contribution in [0.3, 0.4) is 0 Å². The van der Waals surface area contributed by atoms with Crippen molar-refractivity contribution in [2.45, 2.75) is 37.8 Å². The molecule has 1 aliphatic heterocycles. The molecular formula is C20H19N5O. The van der Waals surface area contributed by atoms with Crippen LogP contribution in [0.5, 0.6) is 5.75 Å². The summed E-state index contributed by atoms with van der Waals surface area (Å²) in [5, 5.41) is 14.5. The molecule has 0 spiro atoms. The SMILES string of the molecule is C#CCC1CCC[C@@H](COc2ccnc3[nH]c4cnc(C#N)cc4c23)N1. The molecule has 1 saturated heterocycles. The highest BCUT2D eigenvalue weighted by Crippen LogP contribution is 2.32. The first-order valence-corrected chi connectivity index (χ1v) is 8.77. The third-order valence-electron chi connectivity index (χ3n) is 4.83. The number of aromatic nitrogens is 3. The fourth-order valence-corrected chi connectivity index (χ4v) is 3.61. The van der Waals surface area contributed by atoms with Gasteiger partial charge in [-0.15, -0.1) is 12.3 Å². The number of pyridine rings is 2. The standard InChI is InChI=1S/C20H19N5O/c1-2-4-13-5-3-6-14(24-13)12-26-18-7-8-22-20-19(18)16-9-15(10-21)23-11-17(16)25-20/h1,7-9,11,13-14,24H,3-6,12H2,(H,22,25)/t13?,14-/m0/s1. The van der Waals surface area contributed by atoms with Crippen LogP contribution in [0.15, 0.2) is 24.5 Å². The highest BCUT2D eigenvalue weighted by atomic mass is 16.5. The second kappa shape index (κ2) is 7.03. The van der Waals surface area contributed by atoms with E-state index in [0.717, 1.165) is 53.4 Å². The van der Waals surface area contributed by atoms with Crippen LogP contribution in [0.1, 0.15) is 31.4 Å². The van der Waals surface area contributed by atoms with Crippen LogP contribution >= 0.6 is 0 Å². The number of hydrogen-bond acceptors (Lipinski definition) is 5. The molecule has 6 heteroatoms. The van der Waals surface area contributed by atoms with Gasteiger partial charge < -0.3 is 15.0 Å². The van der Waals surface area contributed by atoms with E-state index in [1.54, 1.807) is 18.5 Å². The first-order valence-electron chi connectivity index (χ1n) is 8.77. The summed E-state index contributed by atoms with van der Waals surface area (Å²) in [6, 6.07) is 6.37. The summed E-state index contributed by atoms with van der Waals surface area (Å²) in [5.41, 5.74) is 1.95. The zero-order valence-electron chi connectivity index (χ0n) is 14.3. The maximum atomic E-state index is 9.13. The highest BCUT2D eigenvalue weighted by Gasteiger charge is 2.21. The zero-order valence-corrected chi connectivity index (χ0v) is 14.3. The predicted molar refractivity (Wildman–Crippen MR) is 99.6 cm³/mol. The van der Waals surface area contributed by atoms with Gasteiger partial charge in [0, 0.05) is 30.1 Å². The Morgan fingerprint density at radius 3 is 3.04 bits per heavy atom. The number of nitriles is 1. The topological polar surface area (TPSA) is 86.6 Å². The minimum absolute atomic E-state index is 0.284. The molecule has 1 fully saturated rings. The van der Waals surface area contributed by atoms with Crippen LogP contribution in [-0.2, 0) is 0 Å². The van der Waals surface area contributed by atoms with Crippen molar-refractivity contribution in [1.29, 1.82) is 5.26 Å². The van der Waals surface area contributed by atoms with E-state index in [2.05, 4.69) is 32.3 Å². The van der Waals surface area contributed by atoms with Crippen molar-refractivity contribution in [3.8, 4) is 24.2 Å². The molecule has 2 atom stereocenters. The second-order valence-electron chi connectivity index (χ2n) is 6.60. The van der Waals surface area contributed by atoms with E-state index in [0.29, 0.717) is 18.3 Å². The number of fused-ring (bicyclic) bond motifs is 3. The first-order chi connectivity index (χ1) is 12.8. The lowest BCUT2D eigenvalue weighted by molar-refractivity contribution is 0.216. The maximum absolute atomic E-state index is 9.13. The molecule has 4 heterocycles. The van der Waals surface area contributed by atoms with Gasteiger partial charge in [-0.1, -0.05) is 6.42 Å². The Bertz CT molecular complexity index is 1030. The quantitative estimate of drug-likeness (QED) is 0.710. The van der Waals surface area contributed by atoms with Crippen LogP contribution in [0, 0.1) is 23.7 Å². The summed E-state index contributed by atoms with van der Waals surface area (Å²) in [6.07, 6.45) is 12.9. The number of nitrogens with one attached hydrogen (secondary N) is 2. The average Bonchev–Trinajstić information content (AvgIpc) is 3.05. The summed E-state index contributed by atoms with van der Waals surface area (Å²) in [6.45, 7) is 0.572. The second-order valence-corrected chi connectivity index (χ2v) is 6.60. The lowest BCUT2D eigenvalue weighted by Gasteiger charge is -2.30. The van der Waals surface area contributed by atoms with E-state index in [4.69, 9.17) is 16.4 Å². The van der Waals surface area contributed by atoms with Gasteiger partial charge in [0.05, 0.1) is 17.1 Å². The molecule has 0 radical (unpaired) electrons. The van der Waals surface area contributed by atoms with E-state index in [-0.39, 0.29) is 6.04 Å². The molecular weight excluding hydrogens is 326 g/mol. The number of ether oxygens (including phenoxy) is 1. The molecule has 0 saturated carbocycles. The van der Waals surface area contributed by atoms with E-state index in [1.165, 1.54) is 0 Å². The van der Waals surface area contributed by atoms with Gasteiger partial charge in [-0.2, -0.15) is 5.26 Å². The Kier molecular flexibility index (Phi) is 4.43. The van der Waals surface area contributed by atoms with Crippen LogP contribution in [0.2, 0.25) is 0 Å². The fourth-order valence-electron chi connectivity index (χ4n) is 3.61. The number of H-pyrrole nitrogens is 1. The Hall–Kier alpha value is -3.09. The molecule has 0 aliphatic carbocycles. The summed E-state index contributed by atoms with van der Waals surface area (Å²) in [4.78, 5) is 11.7. The Labute approximate surface area is 151 Å². The smallest absolute Gasteiger partial charge is 0.142 e. The van der Waals surface area contributed by atoms with Crippen LogP contribution in [-0.4, -0.2) is 33.6 Å². The Morgan fingerprint density at radius 1 is 1.31 bits per heavy atom. The summed E-state index contributed by atoms with van der Waals surface area (Å²) in [5.74, 6) is 3.50. The molecule has 0 amide bonds. The summed E-state index contributed by atoms with van der Waals surface area (Å²) < 4.78 is 6.15. The van der Waals surface area contributed by atoms with Gasteiger partial charge in [0.15, 0.2) is 0 Å². The van der Waals surface area contributed by atoms with Gasteiger partial charge in [0.2, 0.25) is 0 Å². The number of aromatic amines is 1. The number of terminal acetylenes is 1. The number of nitrogens with zero attached hydrogens (tertiary/aromatic N) is 3. The molecule has 3 aromatic rings.